The Kier molecular flexibility index (Phi) is 4.90. The molecule has 3 N–H and O–H groups in total. The fourth-order valence-corrected chi connectivity index (χ4v) is 3.64. The average Bonchev–Trinajstić information content (AvgIpc) is 2.40. The second-order valence-corrected chi connectivity index (χ2v) is 7.83. The van der Waals surface area contributed by atoms with Crippen LogP contribution < -0.4 is 10.5 Å². The van der Waals surface area contributed by atoms with E-state index in [1.54, 1.807) is 23.1 Å². The maximum atomic E-state index is 12.5. The van der Waals surface area contributed by atoms with Crippen LogP contribution in [-0.2, 0) is 10.0 Å². The minimum absolute atomic E-state index is 0.0908. The fraction of sp³-hybridized carbons (Fsp3) is 0.462. The highest BCUT2D eigenvalue weighted by Gasteiger charge is 2.26. The van der Waals surface area contributed by atoms with Crippen LogP contribution in [0.25, 0.3) is 0 Å². The Morgan fingerprint density at radius 1 is 1.38 bits per heavy atom. The molecule has 0 aromatic heterocycles. The monoisotopic (exact) mass is 375 g/mol. The number of carbonyl (C=O) groups excluding carboxylic acids is 1. The van der Waals surface area contributed by atoms with Crippen LogP contribution in [0.2, 0.25) is 0 Å². The van der Waals surface area contributed by atoms with Gasteiger partial charge in [0, 0.05) is 29.3 Å². The van der Waals surface area contributed by atoms with Crippen LogP contribution in [0.5, 0.6) is 0 Å². The second kappa shape index (κ2) is 6.33. The molecule has 1 aliphatic heterocycles. The standard InChI is InChI=1S/C13H18BrN3O3S/c1-21(19,20)16-10-4-6-17(7-5-10)13(18)11-8-9(15)2-3-12(11)14/h2-3,8,10,16H,4-7,15H2,1H3. The molecule has 1 heterocycles. The second-order valence-electron chi connectivity index (χ2n) is 5.20. The van der Waals surface area contributed by atoms with Gasteiger partial charge >= 0.3 is 0 Å². The summed E-state index contributed by atoms with van der Waals surface area (Å²) in [7, 11) is -3.20. The van der Waals surface area contributed by atoms with Crippen molar-refractivity contribution in [3.63, 3.8) is 0 Å². The molecule has 1 aliphatic rings. The first-order valence-corrected chi connectivity index (χ1v) is 9.26. The van der Waals surface area contributed by atoms with E-state index in [-0.39, 0.29) is 11.9 Å². The van der Waals surface area contributed by atoms with Gasteiger partial charge in [0.05, 0.1) is 11.8 Å². The van der Waals surface area contributed by atoms with E-state index in [2.05, 4.69) is 20.7 Å². The van der Waals surface area contributed by atoms with E-state index in [4.69, 9.17) is 5.73 Å². The minimum atomic E-state index is -3.20. The van der Waals surface area contributed by atoms with Gasteiger partial charge in [-0.05, 0) is 47.0 Å². The number of halogens is 1. The number of nitrogen functional groups attached to an aromatic ring is 1. The van der Waals surface area contributed by atoms with Crippen molar-refractivity contribution < 1.29 is 13.2 Å². The molecule has 8 heteroatoms. The molecule has 0 radical (unpaired) electrons. The van der Waals surface area contributed by atoms with Crippen molar-refractivity contribution in [3.8, 4) is 0 Å². The Morgan fingerprint density at radius 2 is 2.00 bits per heavy atom. The number of carbonyl (C=O) groups is 1. The summed E-state index contributed by atoms with van der Waals surface area (Å²) < 4.78 is 25.7. The number of hydrogen-bond acceptors (Lipinski definition) is 4. The predicted molar refractivity (Wildman–Crippen MR) is 85.5 cm³/mol. The summed E-state index contributed by atoms with van der Waals surface area (Å²) in [5.74, 6) is -0.0908. The quantitative estimate of drug-likeness (QED) is 0.775. The Bertz CT molecular complexity index is 640. The summed E-state index contributed by atoms with van der Waals surface area (Å²) in [5, 5.41) is 0. The molecule has 21 heavy (non-hydrogen) atoms. The first-order valence-electron chi connectivity index (χ1n) is 6.58. The van der Waals surface area contributed by atoms with Crippen molar-refractivity contribution in [1.82, 2.24) is 9.62 Å². The molecular weight excluding hydrogens is 358 g/mol. The third-order valence-electron chi connectivity index (χ3n) is 3.38. The maximum absolute atomic E-state index is 12.5. The lowest BCUT2D eigenvalue weighted by atomic mass is 10.0. The van der Waals surface area contributed by atoms with Gasteiger partial charge in [-0.1, -0.05) is 0 Å². The number of piperidine rings is 1. The zero-order valence-corrected chi connectivity index (χ0v) is 14.1. The lowest BCUT2D eigenvalue weighted by Crippen LogP contribution is -2.46. The number of nitrogens with zero attached hydrogens (tertiary/aromatic N) is 1. The van der Waals surface area contributed by atoms with Crippen LogP contribution in [0.4, 0.5) is 5.69 Å². The normalized spacial score (nSPS) is 17.0. The highest BCUT2D eigenvalue weighted by Crippen LogP contribution is 2.23. The van der Waals surface area contributed by atoms with E-state index in [0.29, 0.717) is 41.7 Å². The van der Waals surface area contributed by atoms with Crippen LogP contribution in [0.1, 0.15) is 23.2 Å². The Morgan fingerprint density at radius 3 is 2.57 bits per heavy atom. The van der Waals surface area contributed by atoms with E-state index in [9.17, 15) is 13.2 Å². The molecular formula is C13H18BrN3O3S. The van der Waals surface area contributed by atoms with E-state index in [1.807, 2.05) is 0 Å². The average molecular weight is 376 g/mol. The van der Waals surface area contributed by atoms with Gasteiger partial charge in [0.1, 0.15) is 0 Å². The number of anilines is 1. The summed E-state index contributed by atoms with van der Waals surface area (Å²) in [5.41, 5.74) is 6.79. The van der Waals surface area contributed by atoms with Gasteiger partial charge in [0.15, 0.2) is 0 Å². The van der Waals surface area contributed by atoms with Gasteiger partial charge in [0.25, 0.3) is 5.91 Å². The van der Waals surface area contributed by atoms with Crippen molar-refractivity contribution in [1.29, 1.82) is 0 Å². The molecule has 1 aromatic rings. The largest absolute Gasteiger partial charge is 0.399 e. The topological polar surface area (TPSA) is 92.5 Å². The first-order chi connectivity index (χ1) is 9.76. The Labute approximate surface area is 132 Å². The highest BCUT2D eigenvalue weighted by molar-refractivity contribution is 9.10. The van der Waals surface area contributed by atoms with Crippen LogP contribution in [0.3, 0.4) is 0 Å². The maximum Gasteiger partial charge on any atom is 0.255 e. The zero-order chi connectivity index (χ0) is 15.6. The van der Waals surface area contributed by atoms with Crippen molar-refractivity contribution in [2.75, 3.05) is 25.1 Å². The summed E-state index contributed by atoms with van der Waals surface area (Å²) >= 11 is 3.35. The van der Waals surface area contributed by atoms with Crippen LogP contribution in [0, 0.1) is 0 Å². The summed E-state index contributed by atoms with van der Waals surface area (Å²) in [6, 6.07) is 5.02. The molecule has 1 fully saturated rings. The summed E-state index contributed by atoms with van der Waals surface area (Å²) in [6.07, 6.45) is 2.37. The molecule has 0 unspecified atom stereocenters. The van der Waals surface area contributed by atoms with Crippen LogP contribution in [-0.4, -0.2) is 44.6 Å². The summed E-state index contributed by atoms with van der Waals surface area (Å²) in [4.78, 5) is 14.2. The zero-order valence-electron chi connectivity index (χ0n) is 11.7. The van der Waals surface area contributed by atoms with Crippen molar-refractivity contribution in [3.05, 3.63) is 28.2 Å². The number of hydrogen-bond donors (Lipinski definition) is 2. The number of sulfonamides is 1. The number of benzene rings is 1. The SMILES string of the molecule is CS(=O)(=O)NC1CCN(C(=O)c2cc(N)ccc2Br)CC1. The molecule has 0 atom stereocenters. The number of rotatable bonds is 3. The lowest BCUT2D eigenvalue weighted by molar-refractivity contribution is 0.0710. The smallest absolute Gasteiger partial charge is 0.255 e. The van der Waals surface area contributed by atoms with Crippen molar-refractivity contribution >= 4 is 37.5 Å². The van der Waals surface area contributed by atoms with E-state index >= 15 is 0 Å². The molecule has 1 aromatic carbocycles. The van der Waals surface area contributed by atoms with Gasteiger partial charge in [-0.3, -0.25) is 4.79 Å². The molecule has 0 bridgehead atoms. The number of likely N-dealkylation sites (tertiary alicyclic amines) is 1. The fourth-order valence-electron chi connectivity index (χ4n) is 2.38. The van der Waals surface area contributed by atoms with Crippen LogP contribution >= 0.6 is 15.9 Å². The number of amides is 1. The minimum Gasteiger partial charge on any atom is -0.399 e. The Hall–Kier alpha value is -1.12. The summed E-state index contributed by atoms with van der Waals surface area (Å²) in [6.45, 7) is 1.04. The third kappa shape index (κ3) is 4.42. The Balaban J connectivity index is 2.02. The molecule has 2 rings (SSSR count). The van der Waals surface area contributed by atoms with Gasteiger partial charge in [-0.25, -0.2) is 13.1 Å². The van der Waals surface area contributed by atoms with E-state index in [0.717, 1.165) is 6.26 Å². The first kappa shape index (κ1) is 16.3. The molecule has 1 amide bonds. The van der Waals surface area contributed by atoms with Gasteiger partial charge in [-0.15, -0.1) is 0 Å². The molecule has 116 valence electrons. The van der Waals surface area contributed by atoms with Gasteiger partial charge < -0.3 is 10.6 Å². The van der Waals surface area contributed by atoms with Gasteiger partial charge in [-0.2, -0.15) is 0 Å². The van der Waals surface area contributed by atoms with Crippen molar-refractivity contribution in [2.45, 2.75) is 18.9 Å². The molecule has 6 nitrogen and oxygen atoms in total. The lowest BCUT2D eigenvalue weighted by Gasteiger charge is -2.32. The molecule has 0 spiro atoms. The highest BCUT2D eigenvalue weighted by atomic mass is 79.9. The predicted octanol–water partition coefficient (Wildman–Crippen LogP) is 1.19. The van der Waals surface area contributed by atoms with Crippen molar-refractivity contribution in [2.24, 2.45) is 0 Å². The van der Waals surface area contributed by atoms with Gasteiger partial charge in [0.2, 0.25) is 10.0 Å². The molecule has 0 aliphatic carbocycles. The number of nitrogens with two attached hydrogens (primary N) is 1. The third-order valence-corrected chi connectivity index (χ3v) is 4.84. The molecule has 1 saturated heterocycles. The van der Waals surface area contributed by atoms with E-state index < -0.39 is 10.0 Å². The molecule has 0 saturated carbocycles. The number of nitrogens with one attached hydrogen (secondary N) is 1. The van der Waals surface area contributed by atoms with Crippen LogP contribution in [0.15, 0.2) is 22.7 Å². The van der Waals surface area contributed by atoms with E-state index in [1.165, 1.54) is 0 Å².